The second kappa shape index (κ2) is 11.5. The van der Waals surface area contributed by atoms with E-state index in [0.29, 0.717) is 54.6 Å². The maximum Gasteiger partial charge on any atom is 0.268 e. The van der Waals surface area contributed by atoms with Gasteiger partial charge in [-0.1, -0.05) is 32.8 Å². The third kappa shape index (κ3) is 6.01. The Balaban J connectivity index is 1.18. The molecule has 2 aliphatic heterocycles. The van der Waals surface area contributed by atoms with Crippen molar-refractivity contribution >= 4 is 23.3 Å². The van der Waals surface area contributed by atoms with E-state index in [4.69, 9.17) is 4.74 Å². The third-order valence-corrected chi connectivity index (χ3v) is 9.86. The van der Waals surface area contributed by atoms with Gasteiger partial charge in [-0.3, -0.25) is 14.4 Å². The molecule has 2 N–H and O–H groups in total. The van der Waals surface area contributed by atoms with Gasteiger partial charge in [-0.25, -0.2) is 0 Å². The number of piperidine rings is 1. The first-order valence-electron chi connectivity index (χ1n) is 15.9. The van der Waals surface area contributed by atoms with Crippen molar-refractivity contribution in [3.63, 3.8) is 0 Å². The summed E-state index contributed by atoms with van der Waals surface area (Å²) in [5.41, 5.74) is 4.42. The molecule has 8 nitrogen and oxygen atoms in total. The molecule has 1 saturated heterocycles. The predicted molar refractivity (Wildman–Crippen MR) is 163 cm³/mol. The van der Waals surface area contributed by atoms with Crippen LogP contribution in [0.1, 0.15) is 96.5 Å². The van der Waals surface area contributed by atoms with Crippen molar-refractivity contribution in [2.75, 3.05) is 38.2 Å². The predicted octanol–water partition coefficient (Wildman–Crippen LogP) is 5.08. The Kier molecular flexibility index (Phi) is 7.94. The van der Waals surface area contributed by atoms with Gasteiger partial charge in [0.05, 0.1) is 12.3 Å². The quantitative estimate of drug-likeness (QED) is 0.436. The van der Waals surface area contributed by atoms with Crippen LogP contribution in [0.3, 0.4) is 0 Å². The molecule has 6 rings (SSSR count). The summed E-state index contributed by atoms with van der Waals surface area (Å²) in [7, 11) is 2.17. The van der Waals surface area contributed by atoms with Gasteiger partial charge in [-0.15, -0.1) is 0 Å². The molecule has 2 fully saturated rings. The molecule has 8 heteroatoms. The normalized spacial score (nSPS) is 21.1. The lowest BCUT2D eigenvalue weighted by Gasteiger charge is -2.29. The van der Waals surface area contributed by atoms with Crippen LogP contribution in [0.25, 0.3) is 0 Å². The molecule has 3 heterocycles. The fraction of sp³-hybridized carbons (Fsp3) is 0.618. The molecule has 2 amide bonds. The number of ketones is 1. The number of hydrogen-bond donors (Lipinski definition) is 2. The molecule has 2 aliphatic carbocycles. The van der Waals surface area contributed by atoms with Gasteiger partial charge >= 0.3 is 0 Å². The average molecular weight is 575 g/mol. The summed E-state index contributed by atoms with van der Waals surface area (Å²) in [6.07, 6.45) is 8.15. The molecule has 0 bridgehead atoms. The number of H-pyrrole nitrogens is 1. The number of anilines is 1. The maximum atomic E-state index is 14.1. The Hall–Kier alpha value is -3.13. The lowest BCUT2D eigenvalue weighted by molar-refractivity contribution is -0.120. The number of benzene rings is 1. The average Bonchev–Trinajstić information content (AvgIpc) is 3.58. The Labute approximate surface area is 249 Å². The highest BCUT2D eigenvalue weighted by molar-refractivity contribution is 6.06. The van der Waals surface area contributed by atoms with Crippen LogP contribution in [0, 0.1) is 24.2 Å². The zero-order valence-electron chi connectivity index (χ0n) is 25.7. The van der Waals surface area contributed by atoms with E-state index in [1.54, 1.807) is 0 Å². The van der Waals surface area contributed by atoms with Crippen LogP contribution in [0.2, 0.25) is 0 Å². The number of fused-ring (bicyclic) bond motifs is 2. The number of likely N-dealkylation sites (tertiary alicyclic amines) is 1. The maximum absolute atomic E-state index is 14.1. The first kappa shape index (κ1) is 29.0. The SMILES string of the molecule is Cc1c(C(=O)NC(CCC2CC2)C(=O)N2CCc3c(OCC4CCN(C)CC4)cccc32)[nH]c2c1C(=O)CC(C)(C)C2. The van der Waals surface area contributed by atoms with Crippen LogP contribution in [0.4, 0.5) is 5.69 Å². The van der Waals surface area contributed by atoms with E-state index in [9.17, 15) is 14.4 Å². The number of hydrogen-bond acceptors (Lipinski definition) is 5. The van der Waals surface area contributed by atoms with Gasteiger partial charge in [0, 0.05) is 29.8 Å². The standard InChI is InChI=1S/C34H46N4O4/c1-21-30-26(18-34(2,3)19-28(30)39)35-31(21)32(40)36-25(11-10-22-8-9-22)33(41)38-17-14-24-27(38)6-5-7-29(24)42-20-23-12-15-37(4)16-13-23/h5-7,22-23,25,35H,8-20H2,1-4H3,(H,36,40). The molecule has 0 spiro atoms. The topological polar surface area (TPSA) is 94.7 Å². The summed E-state index contributed by atoms with van der Waals surface area (Å²) in [5.74, 6) is 1.78. The fourth-order valence-corrected chi connectivity index (χ4v) is 7.15. The minimum absolute atomic E-state index is 0.0681. The number of nitrogens with one attached hydrogen (secondary N) is 2. The van der Waals surface area contributed by atoms with E-state index in [1.807, 2.05) is 30.0 Å². The van der Waals surface area contributed by atoms with Crippen LogP contribution in [0.15, 0.2) is 18.2 Å². The molecule has 2 aromatic rings. The molecule has 226 valence electrons. The second-order valence-corrected chi connectivity index (χ2v) is 14.0. The summed E-state index contributed by atoms with van der Waals surface area (Å²) in [6.45, 7) is 9.50. The van der Waals surface area contributed by atoms with Crippen molar-refractivity contribution in [3.8, 4) is 5.75 Å². The molecule has 1 aromatic heterocycles. The molecule has 1 saturated carbocycles. The smallest absolute Gasteiger partial charge is 0.268 e. The van der Waals surface area contributed by atoms with Gasteiger partial charge in [0.2, 0.25) is 5.91 Å². The number of Topliss-reactive ketones (excluding diaryl/α,β-unsaturated/α-hetero) is 1. The van der Waals surface area contributed by atoms with Gasteiger partial charge in [0.25, 0.3) is 5.91 Å². The molecule has 4 aliphatic rings. The first-order chi connectivity index (χ1) is 20.1. The molecular weight excluding hydrogens is 528 g/mol. The van der Waals surface area contributed by atoms with Crippen LogP contribution in [-0.4, -0.2) is 66.8 Å². The lowest BCUT2D eigenvalue weighted by Crippen LogP contribution is -2.48. The minimum Gasteiger partial charge on any atom is -0.493 e. The Morgan fingerprint density at radius 2 is 1.86 bits per heavy atom. The Morgan fingerprint density at radius 3 is 2.60 bits per heavy atom. The van der Waals surface area contributed by atoms with Crippen LogP contribution in [0.5, 0.6) is 5.75 Å². The molecule has 1 aromatic carbocycles. The highest BCUT2D eigenvalue weighted by Gasteiger charge is 2.37. The number of amides is 2. The van der Waals surface area contributed by atoms with Crippen molar-refractivity contribution < 1.29 is 19.1 Å². The Bertz CT molecular complexity index is 1370. The van der Waals surface area contributed by atoms with Gasteiger partial charge in [-0.05, 0) is 101 Å². The minimum atomic E-state index is -0.625. The van der Waals surface area contributed by atoms with E-state index >= 15 is 0 Å². The monoisotopic (exact) mass is 574 g/mol. The highest BCUT2D eigenvalue weighted by Crippen LogP contribution is 2.39. The van der Waals surface area contributed by atoms with E-state index in [-0.39, 0.29) is 23.0 Å². The summed E-state index contributed by atoms with van der Waals surface area (Å²) < 4.78 is 6.34. The number of rotatable bonds is 9. The van der Waals surface area contributed by atoms with Crippen LogP contribution < -0.4 is 15.0 Å². The van der Waals surface area contributed by atoms with E-state index < -0.39 is 6.04 Å². The number of aromatic nitrogens is 1. The summed E-state index contributed by atoms with van der Waals surface area (Å²) in [6, 6.07) is 5.36. The fourth-order valence-electron chi connectivity index (χ4n) is 7.15. The van der Waals surface area contributed by atoms with Crippen molar-refractivity contribution in [1.29, 1.82) is 0 Å². The van der Waals surface area contributed by atoms with Gasteiger partial charge < -0.3 is 24.8 Å². The largest absolute Gasteiger partial charge is 0.493 e. The van der Waals surface area contributed by atoms with Crippen molar-refractivity contribution in [1.82, 2.24) is 15.2 Å². The zero-order valence-corrected chi connectivity index (χ0v) is 25.7. The molecular formula is C34H46N4O4. The zero-order chi connectivity index (χ0) is 29.6. The van der Waals surface area contributed by atoms with Crippen LogP contribution in [-0.2, 0) is 17.6 Å². The van der Waals surface area contributed by atoms with E-state index in [1.165, 1.54) is 12.8 Å². The second-order valence-electron chi connectivity index (χ2n) is 14.0. The number of ether oxygens (including phenoxy) is 1. The van der Waals surface area contributed by atoms with E-state index in [2.05, 4.69) is 36.1 Å². The summed E-state index contributed by atoms with van der Waals surface area (Å²) in [4.78, 5) is 48.1. The van der Waals surface area contributed by atoms with Crippen molar-refractivity contribution in [2.24, 2.45) is 17.3 Å². The van der Waals surface area contributed by atoms with Crippen LogP contribution >= 0.6 is 0 Å². The number of nitrogens with zero attached hydrogens (tertiary/aromatic N) is 2. The lowest BCUT2D eigenvalue weighted by atomic mass is 9.75. The summed E-state index contributed by atoms with van der Waals surface area (Å²) >= 11 is 0. The van der Waals surface area contributed by atoms with Gasteiger partial charge in [0.1, 0.15) is 17.5 Å². The number of carbonyl (C=O) groups is 3. The number of carbonyl (C=O) groups excluding carboxylic acids is 3. The molecule has 0 radical (unpaired) electrons. The van der Waals surface area contributed by atoms with E-state index in [0.717, 1.165) is 67.9 Å². The molecule has 1 unspecified atom stereocenters. The highest BCUT2D eigenvalue weighted by atomic mass is 16.5. The number of aromatic amines is 1. The Morgan fingerprint density at radius 1 is 1.10 bits per heavy atom. The van der Waals surface area contributed by atoms with Gasteiger partial charge in [0.15, 0.2) is 5.78 Å². The third-order valence-electron chi connectivity index (χ3n) is 9.86. The molecule has 1 atom stereocenters. The van der Waals surface area contributed by atoms with Crippen molar-refractivity contribution in [3.05, 3.63) is 46.3 Å². The van der Waals surface area contributed by atoms with Gasteiger partial charge in [-0.2, -0.15) is 0 Å². The first-order valence-corrected chi connectivity index (χ1v) is 15.9. The summed E-state index contributed by atoms with van der Waals surface area (Å²) in [5, 5.41) is 3.09. The molecule has 42 heavy (non-hydrogen) atoms. The van der Waals surface area contributed by atoms with Crippen molar-refractivity contribution in [2.45, 2.75) is 84.6 Å².